The molecule has 3 N–H and O–H groups in total. The van der Waals surface area contributed by atoms with E-state index in [0.717, 1.165) is 6.42 Å². The summed E-state index contributed by atoms with van der Waals surface area (Å²) in [5, 5.41) is 11.6. The Bertz CT molecular complexity index is 437. The molecule has 1 unspecified atom stereocenters. The number of hydrogen-bond acceptors (Lipinski definition) is 3. The zero-order chi connectivity index (χ0) is 12.8. The van der Waals surface area contributed by atoms with E-state index in [9.17, 15) is 4.79 Å². The number of hydrogen-bond donors (Lipinski definition) is 2. The third-order valence-electron chi connectivity index (χ3n) is 2.87. The molecule has 2 atom stereocenters. The summed E-state index contributed by atoms with van der Waals surface area (Å²) < 4.78 is 0. The van der Waals surface area contributed by atoms with Crippen LogP contribution in [0.2, 0.25) is 0 Å². The average molecular weight is 231 g/mol. The van der Waals surface area contributed by atoms with Gasteiger partial charge in [0.1, 0.15) is 6.07 Å². The van der Waals surface area contributed by atoms with Crippen molar-refractivity contribution in [2.45, 2.75) is 26.3 Å². The lowest BCUT2D eigenvalue weighted by Crippen LogP contribution is -2.40. The number of nitriles is 1. The molecule has 0 saturated carbocycles. The van der Waals surface area contributed by atoms with E-state index in [-0.39, 0.29) is 11.8 Å². The second-order valence-corrected chi connectivity index (χ2v) is 4.06. The zero-order valence-electron chi connectivity index (χ0n) is 10.1. The van der Waals surface area contributed by atoms with Gasteiger partial charge >= 0.3 is 0 Å². The molecular formula is C13H17N3O. The van der Waals surface area contributed by atoms with Crippen molar-refractivity contribution in [3.63, 3.8) is 0 Å². The number of para-hydroxylation sites is 1. The van der Waals surface area contributed by atoms with Crippen LogP contribution in [0.15, 0.2) is 24.3 Å². The lowest BCUT2D eigenvalue weighted by atomic mass is 9.99. The maximum Gasteiger partial charge on any atom is 0.241 e. The molecule has 17 heavy (non-hydrogen) atoms. The first-order valence-electron chi connectivity index (χ1n) is 5.65. The number of anilines is 1. The molecule has 0 spiro atoms. The number of carbonyl (C=O) groups is 1. The van der Waals surface area contributed by atoms with Crippen molar-refractivity contribution in [3.8, 4) is 6.07 Å². The van der Waals surface area contributed by atoms with Crippen LogP contribution in [0.3, 0.4) is 0 Å². The van der Waals surface area contributed by atoms with Crippen LogP contribution in [0, 0.1) is 17.2 Å². The molecule has 4 heteroatoms. The Labute approximate surface area is 101 Å². The molecule has 1 aromatic rings. The maximum atomic E-state index is 11.8. The fourth-order valence-corrected chi connectivity index (χ4v) is 1.42. The van der Waals surface area contributed by atoms with Gasteiger partial charge in [-0.3, -0.25) is 4.79 Å². The highest BCUT2D eigenvalue weighted by Crippen LogP contribution is 2.15. The van der Waals surface area contributed by atoms with E-state index in [1.54, 1.807) is 24.3 Å². The molecular weight excluding hydrogens is 214 g/mol. The molecule has 4 nitrogen and oxygen atoms in total. The molecule has 0 radical (unpaired) electrons. The molecule has 90 valence electrons. The largest absolute Gasteiger partial charge is 0.324 e. The topological polar surface area (TPSA) is 78.9 Å². The van der Waals surface area contributed by atoms with Crippen molar-refractivity contribution in [2.75, 3.05) is 5.32 Å². The number of nitrogens with two attached hydrogens (primary N) is 1. The van der Waals surface area contributed by atoms with Crippen molar-refractivity contribution in [2.24, 2.45) is 11.7 Å². The van der Waals surface area contributed by atoms with Gasteiger partial charge in [0.25, 0.3) is 0 Å². The van der Waals surface area contributed by atoms with E-state index in [1.165, 1.54) is 0 Å². The molecule has 1 rings (SSSR count). The van der Waals surface area contributed by atoms with Gasteiger partial charge in [0.05, 0.1) is 17.3 Å². The van der Waals surface area contributed by atoms with Crippen LogP contribution >= 0.6 is 0 Å². The Balaban J connectivity index is 2.78. The van der Waals surface area contributed by atoms with Crippen molar-refractivity contribution < 1.29 is 4.79 Å². The predicted octanol–water partition coefficient (Wildman–Crippen LogP) is 1.87. The van der Waals surface area contributed by atoms with E-state index < -0.39 is 6.04 Å². The Kier molecular flexibility index (Phi) is 4.68. The summed E-state index contributed by atoms with van der Waals surface area (Å²) in [6, 6.07) is 8.35. The fraction of sp³-hybridized carbons (Fsp3) is 0.385. The van der Waals surface area contributed by atoms with Crippen LogP contribution in [0.25, 0.3) is 0 Å². The second kappa shape index (κ2) is 6.02. The van der Waals surface area contributed by atoms with E-state index >= 15 is 0 Å². The van der Waals surface area contributed by atoms with Crippen molar-refractivity contribution in [1.82, 2.24) is 0 Å². The lowest BCUT2D eigenvalue weighted by Gasteiger charge is -2.18. The monoisotopic (exact) mass is 231 g/mol. The highest BCUT2D eigenvalue weighted by molar-refractivity contribution is 5.95. The van der Waals surface area contributed by atoms with Crippen LogP contribution in [0.4, 0.5) is 5.69 Å². The maximum absolute atomic E-state index is 11.8. The number of nitrogens with zero attached hydrogens (tertiary/aromatic N) is 1. The van der Waals surface area contributed by atoms with Gasteiger partial charge < -0.3 is 11.1 Å². The van der Waals surface area contributed by atoms with Crippen molar-refractivity contribution in [1.29, 1.82) is 5.26 Å². The highest BCUT2D eigenvalue weighted by atomic mass is 16.2. The van der Waals surface area contributed by atoms with E-state index in [1.807, 2.05) is 19.9 Å². The van der Waals surface area contributed by atoms with E-state index in [2.05, 4.69) is 5.32 Å². The van der Waals surface area contributed by atoms with E-state index in [4.69, 9.17) is 11.0 Å². The number of amides is 1. The van der Waals surface area contributed by atoms with Gasteiger partial charge in [-0.05, 0) is 18.1 Å². The lowest BCUT2D eigenvalue weighted by molar-refractivity contribution is -0.118. The van der Waals surface area contributed by atoms with Gasteiger partial charge in [0, 0.05) is 0 Å². The molecule has 0 heterocycles. The Morgan fingerprint density at radius 1 is 1.53 bits per heavy atom. The molecule has 0 saturated heterocycles. The molecule has 0 fully saturated rings. The summed E-state index contributed by atoms with van der Waals surface area (Å²) in [6.07, 6.45) is 0.842. The quantitative estimate of drug-likeness (QED) is 0.830. The normalized spacial score (nSPS) is 13.5. The summed E-state index contributed by atoms with van der Waals surface area (Å²) in [7, 11) is 0. The summed E-state index contributed by atoms with van der Waals surface area (Å²) in [5.41, 5.74) is 6.77. The van der Waals surface area contributed by atoms with Crippen molar-refractivity contribution >= 4 is 11.6 Å². The van der Waals surface area contributed by atoms with Crippen molar-refractivity contribution in [3.05, 3.63) is 29.8 Å². The summed E-state index contributed by atoms with van der Waals surface area (Å²) in [6.45, 7) is 3.92. The summed E-state index contributed by atoms with van der Waals surface area (Å²) in [4.78, 5) is 11.8. The third kappa shape index (κ3) is 3.30. The van der Waals surface area contributed by atoms with Gasteiger partial charge in [-0.15, -0.1) is 0 Å². The smallest absolute Gasteiger partial charge is 0.241 e. The predicted molar refractivity (Wildman–Crippen MR) is 67.2 cm³/mol. The Morgan fingerprint density at radius 3 is 2.76 bits per heavy atom. The molecule has 0 aliphatic rings. The first-order valence-corrected chi connectivity index (χ1v) is 5.65. The highest BCUT2D eigenvalue weighted by Gasteiger charge is 2.19. The minimum Gasteiger partial charge on any atom is -0.324 e. The summed E-state index contributed by atoms with van der Waals surface area (Å²) in [5.74, 6) is -0.133. The molecule has 0 bridgehead atoms. The van der Waals surface area contributed by atoms with Gasteiger partial charge in [-0.2, -0.15) is 5.26 Å². The summed E-state index contributed by atoms with van der Waals surface area (Å²) >= 11 is 0. The molecule has 1 aromatic carbocycles. The van der Waals surface area contributed by atoms with Gasteiger partial charge in [-0.25, -0.2) is 0 Å². The number of benzene rings is 1. The minimum atomic E-state index is -0.549. The Morgan fingerprint density at radius 2 is 2.18 bits per heavy atom. The zero-order valence-corrected chi connectivity index (χ0v) is 10.1. The van der Waals surface area contributed by atoms with Crippen LogP contribution in [-0.4, -0.2) is 11.9 Å². The molecule has 0 aliphatic heterocycles. The van der Waals surface area contributed by atoms with E-state index in [0.29, 0.717) is 11.3 Å². The number of rotatable bonds is 4. The van der Waals surface area contributed by atoms with Gasteiger partial charge in [0.15, 0.2) is 0 Å². The third-order valence-corrected chi connectivity index (χ3v) is 2.87. The second-order valence-electron chi connectivity index (χ2n) is 4.06. The average Bonchev–Trinajstić information content (AvgIpc) is 2.37. The molecule has 0 aliphatic carbocycles. The molecule has 1 amide bonds. The SMILES string of the molecule is CCC(C)[C@H](N)C(=O)Nc1ccccc1C#N. The van der Waals surface area contributed by atoms with Gasteiger partial charge in [0.2, 0.25) is 5.91 Å². The Hall–Kier alpha value is -1.86. The van der Waals surface area contributed by atoms with Gasteiger partial charge in [-0.1, -0.05) is 32.4 Å². The number of nitrogens with one attached hydrogen (secondary N) is 1. The van der Waals surface area contributed by atoms with Crippen LogP contribution in [0.5, 0.6) is 0 Å². The van der Waals surface area contributed by atoms with Crippen LogP contribution in [-0.2, 0) is 4.79 Å². The minimum absolute atomic E-state index is 0.115. The first kappa shape index (κ1) is 13.2. The standard InChI is InChI=1S/C13H17N3O/c1-3-9(2)12(15)13(17)16-11-7-5-4-6-10(11)8-14/h4-7,9,12H,3,15H2,1-2H3,(H,16,17)/t9?,12-/m0/s1. The van der Waals surface area contributed by atoms with Crippen LogP contribution in [0.1, 0.15) is 25.8 Å². The molecule has 0 aromatic heterocycles. The fourth-order valence-electron chi connectivity index (χ4n) is 1.42. The number of carbonyl (C=O) groups excluding carboxylic acids is 1. The first-order chi connectivity index (χ1) is 8.10. The van der Waals surface area contributed by atoms with Crippen LogP contribution < -0.4 is 11.1 Å².